The van der Waals surface area contributed by atoms with Crippen molar-refractivity contribution in [2.75, 3.05) is 24.6 Å². The summed E-state index contributed by atoms with van der Waals surface area (Å²) in [5.41, 5.74) is 0.164. The second kappa shape index (κ2) is 9.46. The van der Waals surface area contributed by atoms with Crippen LogP contribution in [0.5, 0.6) is 5.75 Å². The van der Waals surface area contributed by atoms with Crippen LogP contribution in [0.15, 0.2) is 36.7 Å². The summed E-state index contributed by atoms with van der Waals surface area (Å²) >= 11 is 0. The van der Waals surface area contributed by atoms with E-state index in [1.165, 1.54) is 12.1 Å². The molecule has 1 fully saturated rings. The van der Waals surface area contributed by atoms with Gasteiger partial charge in [0.15, 0.2) is 0 Å². The molecule has 1 amide bonds. The summed E-state index contributed by atoms with van der Waals surface area (Å²) in [6.07, 6.45) is 3.18. The van der Waals surface area contributed by atoms with Gasteiger partial charge in [0.1, 0.15) is 18.0 Å². The summed E-state index contributed by atoms with van der Waals surface area (Å²) in [5, 5.41) is 15.4. The second-order valence-electron chi connectivity index (χ2n) is 9.02. The maximum absolute atomic E-state index is 12.7. The summed E-state index contributed by atoms with van der Waals surface area (Å²) < 4.78 is 13.3. The smallest absolute Gasteiger partial charge is 0.410 e. The third-order valence-electron chi connectivity index (χ3n) is 5.16. The number of hydrogen-bond donors (Lipinski definition) is 0. The molecule has 0 bridgehead atoms. The number of ether oxygens (including phenoxy) is 2. The number of aromatic nitrogens is 2. The highest BCUT2D eigenvalue weighted by molar-refractivity contribution is 5.70. The number of nitro groups is 1. The van der Waals surface area contributed by atoms with Gasteiger partial charge in [0.05, 0.1) is 35.3 Å². The summed E-state index contributed by atoms with van der Waals surface area (Å²) in [6, 6.07) is 6.25. The van der Waals surface area contributed by atoms with Crippen LogP contribution in [0.2, 0.25) is 0 Å². The molecule has 0 radical (unpaired) electrons. The average Bonchev–Trinajstić information content (AvgIpc) is 3.19. The number of rotatable bonds is 6. The quantitative estimate of drug-likeness (QED) is 0.493. The third-order valence-corrected chi connectivity index (χ3v) is 5.16. The van der Waals surface area contributed by atoms with Crippen molar-refractivity contribution in [3.63, 3.8) is 0 Å². The first-order valence-corrected chi connectivity index (χ1v) is 10.7. The fourth-order valence-corrected chi connectivity index (χ4v) is 3.87. The molecule has 1 aliphatic rings. The van der Waals surface area contributed by atoms with Crippen LogP contribution in [-0.2, 0) is 11.3 Å². The lowest BCUT2D eigenvalue weighted by Crippen LogP contribution is -2.59. The zero-order valence-corrected chi connectivity index (χ0v) is 19.2. The van der Waals surface area contributed by atoms with E-state index in [1.54, 1.807) is 21.8 Å². The Labute approximate surface area is 187 Å². The Balaban J connectivity index is 1.77. The Kier molecular flexibility index (Phi) is 6.90. The normalized spacial score (nSPS) is 19.0. The molecule has 1 aliphatic heterocycles. The SMILES string of the molecule is C[C@@H]1CN(c2ccc([N+](=O)[O-])cc2OCCn2cccn2)C[C@H](C)N1C(=O)OC(C)(C)C. The number of benzene rings is 1. The Bertz CT molecular complexity index is 929. The lowest BCUT2D eigenvalue weighted by molar-refractivity contribution is -0.384. The molecule has 0 saturated carbocycles. The molecule has 1 saturated heterocycles. The molecule has 0 N–H and O–H groups in total. The minimum absolute atomic E-state index is 0.0312. The Hall–Kier alpha value is -3.30. The second-order valence-corrected chi connectivity index (χ2v) is 9.02. The standard InChI is InChI=1S/C22H31N5O5/c1-16-14-24(15-17(2)26(16)21(28)32-22(3,4)5)19-8-7-18(27(29)30)13-20(19)31-12-11-25-10-6-9-23-25/h6-10,13,16-17H,11-12,14-15H2,1-5H3/t16-,17+. The molecule has 174 valence electrons. The average molecular weight is 446 g/mol. The molecule has 0 aliphatic carbocycles. The number of nitro benzene ring substituents is 1. The molecule has 3 rings (SSSR count). The van der Waals surface area contributed by atoms with Gasteiger partial charge in [0.2, 0.25) is 0 Å². The predicted molar refractivity (Wildman–Crippen MR) is 120 cm³/mol. The molecule has 2 aromatic rings. The van der Waals surface area contributed by atoms with Crippen molar-refractivity contribution in [1.29, 1.82) is 0 Å². The first-order chi connectivity index (χ1) is 15.0. The zero-order valence-electron chi connectivity index (χ0n) is 19.2. The third kappa shape index (κ3) is 5.68. The predicted octanol–water partition coefficient (Wildman–Crippen LogP) is 3.70. The van der Waals surface area contributed by atoms with Crippen molar-refractivity contribution in [3.05, 3.63) is 46.8 Å². The maximum Gasteiger partial charge on any atom is 0.410 e. The zero-order chi connectivity index (χ0) is 23.5. The van der Waals surface area contributed by atoms with Crippen molar-refractivity contribution >= 4 is 17.5 Å². The van der Waals surface area contributed by atoms with Crippen molar-refractivity contribution in [1.82, 2.24) is 14.7 Å². The molecular formula is C22H31N5O5. The molecular weight excluding hydrogens is 414 g/mol. The van der Waals surface area contributed by atoms with Gasteiger partial charge in [-0.1, -0.05) is 0 Å². The van der Waals surface area contributed by atoms with E-state index in [0.717, 1.165) is 5.69 Å². The molecule has 2 atom stereocenters. The van der Waals surface area contributed by atoms with Crippen LogP contribution in [-0.4, -0.2) is 63.1 Å². The first kappa shape index (κ1) is 23.4. The number of carbonyl (C=O) groups excluding carboxylic acids is 1. The van der Waals surface area contributed by atoms with Crippen molar-refractivity contribution in [2.45, 2.75) is 58.8 Å². The van der Waals surface area contributed by atoms with Gasteiger partial charge in [0, 0.05) is 31.5 Å². The van der Waals surface area contributed by atoms with Crippen LogP contribution in [0.1, 0.15) is 34.6 Å². The van der Waals surface area contributed by atoms with Gasteiger partial charge in [-0.3, -0.25) is 19.7 Å². The molecule has 2 heterocycles. The molecule has 10 heteroatoms. The van der Waals surface area contributed by atoms with Gasteiger partial charge in [-0.25, -0.2) is 4.79 Å². The van der Waals surface area contributed by atoms with E-state index in [9.17, 15) is 14.9 Å². The highest BCUT2D eigenvalue weighted by atomic mass is 16.6. The number of piperazine rings is 1. The summed E-state index contributed by atoms with van der Waals surface area (Å²) in [4.78, 5) is 27.4. The number of non-ortho nitro benzene ring substituents is 1. The molecule has 0 unspecified atom stereocenters. The van der Waals surface area contributed by atoms with Crippen LogP contribution in [0.25, 0.3) is 0 Å². The van der Waals surface area contributed by atoms with E-state index in [2.05, 4.69) is 10.00 Å². The molecule has 10 nitrogen and oxygen atoms in total. The topological polar surface area (TPSA) is 103 Å². The Morgan fingerprint density at radius 1 is 1.25 bits per heavy atom. The van der Waals surface area contributed by atoms with E-state index < -0.39 is 10.5 Å². The fraction of sp³-hybridized carbons (Fsp3) is 0.545. The van der Waals surface area contributed by atoms with Crippen molar-refractivity contribution in [2.24, 2.45) is 0 Å². The lowest BCUT2D eigenvalue weighted by atomic mass is 10.1. The van der Waals surface area contributed by atoms with E-state index in [0.29, 0.717) is 32.0 Å². The van der Waals surface area contributed by atoms with Gasteiger partial charge in [-0.05, 0) is 46.8 Å². The number of hydrogen-bond acceptors (Lipinski definition) is 7. The van der Waals surface area contributed by atoms with E-state index in [1.807, 2.05) is 46.9 Å². The number of anilines is 1. The van der Waals surface area contributed by atoms with Crippen molar-refractivity contribution in [3.8, 4) is 5.75 Å². The van der Waals surface area contributed by atoms with Crippen molar-refractivity contribution < 1.29 is 19.2 Å². The molecule has 1 aromatic carbocycles. The summed E-state index contributed by atoms with van der Waals surface area (Å²) in [7, 11) is 0. The number of amides is 1. The van der Waals surface area contributed by atoms with Gasteiger partial charge in [-0.15, -0.1) is 0 Å². The largest absolute Gasteiger partial charge is 0.489 e. The highest BCUT2D eigenvalue weighted by Crippen LogP contribution is 2.35. The van der Waals surface area contributed by atoms with Crippen LogP contribution < -0.4 is 9.64 Å². The minimum atomic E-state index is -0.568. The fourth-order valence-electron chi connectivity index (χ4n) is 3.87. The van der Waals surface area contributed by atoms with Crippen LogP contribution in [0, 0.1) is 10.1 Å². The van der Waals surface area contributed by atoms with Gasteiger partial charge < -0.3 is 14.4 Å². The number of nitrogens with zero attached hydrogens (tertiary/aromatic N) is 5. The summed E-state index contributed by atoms with van der Waals surface area (Å²) in [5.74, 6) is 0.441. The number of carbonyl (C=O) groups is 1. The summed E-state index contributed by atoms with van der Waals surface area (Å²) in [6.45, 7) is 11.4. The maximum atomic E-state index is 12.7. The molecule has 1 aromatic heterocycles. The van der Waals surface area contributed by atoms with Crippen LogP contribution >= 0.6 is 0 Å². The van der Waals surface area contributed by atoms with E-state index in [4.69, 9.17) is 9.47 Å². The minimum Gasteiger partial charge on any atom is -0.489 e. The Morgan fingerprint density at radius 2 is 1.94 bits per heavy atom. The van der Waals surface area contributed by atoms with Gasteiger partial charge in [-0.2, -0.15) is 5.10 Å². The first-order valence-electron chi connectivity index (χ1n) is 10.7. The lowest BCUT2D eigenvalue weighted by Gasteiger charge is -2.45. The van der Waals surface area contributed by atoms with E-state index >= 15 is 0 Å². The Morgan fingerprint density at radius 3 is 2.50 bits per heavy atom. The molecule has 32 heavy (non-hydrogen) atoms. The van der Waals surface area contributed by atoms with Gasteiger partial charge in [0.25, 0.3) is 5.69 Å². The molecule has 0 spiro atoms. The van der Waals surface area contributed by atoms with Crippen LogP contribution in [0.3, 0.4) is 0 Å². The van der Waals surface area contributed by atoms with E-state index in [-0.39, 0.29) is 23.9 Å². The highest BCUT2D eigenvalue weighted by Gasteiger charge is 2.36. The monoisotopic (exact) mass is 445 g/mol. The van der Waals surface area contributed by atoms with Gasteiger partial charge >= 0.3 is 6.09 Å². The van der Waals surface area contributed by atoms with Crippen LogP contribution in [0.4, 0.5) is 16.2 Å².